The molecule has 4 nitrogen and oxygen atoms in total. The number of nitroso groups, excluding NO2 is 1. The van der Waals surface area contributed by atoms with E-state index in [1.54, 1.807) is 13.8 Å². The number of rotatable bonds is 2. The number of nitrogens with one attached hydrogen (secondary N) is 1. The van der Waals surface area contributed by atoms with E-state index in [0.717, 1.165) is 5.71 Å². The van der Waals surface area contributed by atoms with Crippen LogP contribution in [0, 0.1) is 4.91 Å². The van der Waals surface area contributed by atoms with Gasteiger partial charge in [0.15, 0.2) is 0 Å². The van der Waals surface area contributed by atoms with Crippen molar-refractivity contribution in [2.45, 2.75) is 13.8 Å². The Morgan fingerprint density at radius 2 is 2.14 bits per heavy atom. The third-order valence-electron chi connectivity index (χ3n) is 0.314. The normalized spacial score (nSPS) is 7.14. The first kappa shape index (κ1) is 6.07. The lowest BCUT2D eigenvalue weighted by atomic mass is 10.5. The number of hydrogen-bond donors (Lipinski definition) is 1. The summed E-state index contributed by atoms with van der Waals surface area (Å²) in [5.74, 6) is 0. The molecule has 0 radical (unpaired) electrons. The van der Waals surface area contributed by atoms with Crippen molar-refractivity contribution in [3.8, 4) is 0 Å². The molecule has 0 amide bonds. The van der Waals surface area contributed by atoms with Crippen molar-refractivity contribution in [2.24, 2.45) is 10.4 Å². The van der Waals surface area contributed by atoms with E-state index in [-0.39, 0.29) is 0 Å². The summed E-state index contributed by atoms with van der Waals surface area (Å²) in [5, 5.41) is 5.72. The largest absolute Gasteiger partial charge is 0.165 e. The number of nitrogens with zero attached hydrogens (tertiary/aromatic N) is 2. The molecular weight excluding hydrogens is 94.1 g/mol. The van der Waals surface area contributed by atoms with Gasteiger partial charge in [-0.05, 0) is 13.8 Å². The highest BCUT2D eigenvalue weighted by Gasteiger charge is 1.71. The van der Waals surface area contributed by atoms with Crippen molar-refractivity contribution in [2.75, 3.05) is 0 Å². The molecule has 0 fully saturated rings. The van der Waals surface area contributed by atoms with E-state index in [1.807, 2.05) is 5.53 Å². The molecule has 4 heteroatoms. The zero-order chi connectivity index (χ0) is 5.70. The fourth-order valence-electron chi connectivity index (χ4n) is 0.120. The molecule has 0 aromatic rings. The van der Waals surface area contributed by atoms with E-state index in [4.69, 9.17) is 0 Å². The molecule has 0 bridgehead atoms. The average molecular weight is 101 g/mol. The predicted octanol–water partition coefficient (Wildman–Crippen LogP) is 0.653. The molecule has 0 heterocycles. The first-order valence-electron chi connectivity index (χ1n) is 1.85. The van der Waals surface area contributed by atoms with Gasteiger partial charge < -0.3 is 0 Å². The monoisotopic (exact) mass is 101 g/mol. The van der Waals surface area contributed by atoms with E-state index >= 15 is 0 Å². The van der Waals surface area contributed by atoms with Crippen molar-refractivity contribution in [1.29, 1.82) is 0 Å². The molecule has 0 unspecified atom stereocenters. The van der Waals surface area contributed by atoms with Crippen molar-refractivity contribution in [3.63, 3.8) is 0 Å². The summed E-state index contributed by atoms with van der Waals surface area (Å²) in [7, 11) is 0. The molecule has 0 aromatic heterocycles. The second-order valence-electron chi connectivity index (χ2n) is 1.25. The van der Waals surface area contributed by atoms with Gasteiger partial charge in [-0.15, -0.1) is 4.91 Å². The minimum Gasteiger partial charge on any atom is -0.165 e. The quantitative estimate of drug-likeness (QED) is 0.315. The number of hydrazone groups is 1. The van der Waals surface area contributed by atoms with Gasteiger partial charge in [0.2, 0.25) is 0 Å². The first-order chi connectivity index (χ1) is 3.27. The van der Waals surface area contributed by atoms with Crippen LogP contribution in [0.2, 0.25) is 0 Å². The third-order valence-corrected chi connectivity index (χ3v) is 0.314. The van der Waals surface area contributed by atoms with Crippen LogP contribution in [-0.2, 0) is 0 Å². The smallest absolute Gasteiger partial charge is 0.0722 e. The van der Waals surface area contributed by atoms with E-state index in [2.05, 4.69) is 10.4 Å². The lowest BCUT2D eigenvalue weighted by Crippen LogP contribution is -1.94. The van der Waals surface area contributed by atoms with Crippen LogP contribution in [0.15, 0.2) is 10.4 Å². The van der Waals surface area contributed by atoms with Crippen LogP contribution in [0.4, 0.5) is 0 Å². The maximum absolute atomic E-state index is 9.24. The Balaban J connectivity index is 3.25. The van der Waals surface area contributed by atoms with Crippen LogP contribution in [-0.4, -0.2) is 5.71 Å². The van der Waals surface area contributed by atoms with Gasteiger partial charge in [0.1, 0.15) is 0 Å². The zero-order valence-corrected chi connectivity index (χ0v) is 4.30. The van der Waals surface area contributed by atoms with Gasteiger partial charge in [0, 0.05) is 5.71 Å². The van der Waals surface area contributed by atoms with Crippen LogP contribution >= 0.6 is 0 Å². The maximum Gasteiger partial charge on any atom is 0.0722 e. The van der Waals surface area contributed by atoms with Gasteiger partial charge >= 0.3 is 0 Å². The van der Waals surface area contributed by atoms with E-state index in [0.29, 0.717) is 0 Å². The van der Waals surface area contributed by atoms with Crippen molar-refractivity contribution >= 4 is 5.71 Å². The third kappa shape index (κ3) is 5.07. The molecule has 0 aliphatic carbocycles. The Labute approximate surface area is 41.5 Å². The second kappa shape index (κ2) is 3.27. The maximum atomic E-state index is 9.24. The number of hydrogen-bond acceptors (Lipinski definition) is 3. The predicted molar refractivity (Wildman–Crippen MR) is 27.7 cm³/mol. The second-order valence-corrected chi connectivity index (χ2v) is 1.25. The summed E-state index contributed by atoms with van der Waals surface area (Å²) in [6.45, 7) is 3.52. The van der Waals surface area contributed by atoms with Gasteiger partial charge in [0.25, 0.3) is 0 Å². The zero-order valence-electron chi connectivity index (χ0n) is 4.30. The van der Waals surface area contributed by atoms with E-state index < -0.39 is 0 Å². The summed E-state index contributed by atoms with van der Waals surface area (Å²) in [4.78, 5) is 9.24. The first-order valence-corrected chi connectivity index (χ1v) is 1.85. The standard InChI is InChI=1S/C3H7N3O/c1-3(2)4-5-6-7/h1-2H3,(H,5,7). The molecule has 0 aromatic carbocycles. The molecule has 0 aliphatic rings. The Kier molecular flexibility index (Phi) is 2.83. The topological polar surface area (TPSA) is 53.8 Å². The van der Waals surface area contributed by atoms with Gasteiger partial charge in [-0.2, -0.15) is 10.6 Å². The molecule has 0 atom stereocenters. The fraction of sp³-hybridized carbons (Fsp3) is 0.667. The highest BCUT2D eigenvalue weighted by molar-refractivity contribution is 5.78. The lowest BCUT2D eigenvalue weighted by Gasteiger charge is -1.82. The van der Waals surface area contributed by atoms with Crippen LogP contribution in [0.1, 0.15) is 13.8 Å². The summed E-state index contributed by atoms with van der Waals surface area (Å²) in [5.41, 5.74) is 2.68. The van der Waals surface area contributed by atoms with Crippen LogP contribution in [0.25, 0.3) is 0 Å². The van der Waals surface area contributed by atoms with Crippen molar-refractivity contribution < 1.29 is 0 Å². The Morgan fingerprint density at radius 1 is 1.57 bits per heavy atom. The minimum atomic E-state index is 0.777. The fourth-order valence-corrected chi connectivity index (χ4v) is 0.120. The van der Waals surface area contributed by atoms with Crippen molar-refractivity contribution in [1.82, 2.24) is 5.53 Å². The van der Waals surface area contributed by atoms with Crippen LogP contribution < -0.4 is 5.53 Å². The summed E-state index contributed by atoms with van der Waals surface area (Å²) < 4.78 is 0. The molecule has 40 valence electrons. The molecule has 7 heavy (non-hydrogen) atoms. The van der Waals surface area contributed by atoms with Gasteiger partial charge in [-0.3, -0.25) is 0 Å². The minimum absolute atomic E-state index is 0.777. The highest BCUT2D eigenvalue weighted by atomic mass is 16.3. The SMILES string of the molecule is CC(C)=NNN=O. The average Bonchev–Trinajstić information content (AvgIpc) is 1.61. The highest BCUT2D eigenvalue weighted by Crippen LogP contribution is 1.66. The Hall–Kier alpha value is -0.930. The lowest BCUT2D eigenvalue weighted by molar-refractivity contribution is 0.797. The van der Waals surface area contributed by atoms with Crippen LogP contribution in [0.3, 0.4) is 0 Å². The van der Waals surface area contributed by atoms with Gasteiger partial charge in [-0.25, -0.2) is 0 Å². The molecule has 0 rings (SSSR count). The summed E-state index contributed by atoms with van der Waals surface area (Å²) in [6.07, 6.45) is 0. The molecule has 0 saturated carbocycles. The Morgan fingerprint density at radius 3 is 2.29 bits per heavy atom. The molecule has 0 saturated heterocycles. The molecule has 0 aliphatic heterocycles. The molecule has 0 spiro atoms. The van der Waals surface area contributed by atoms with Gasteiger partial charge in [-0.1, -0.05) is 0 Å². The van der Waals surface area contributed by atoms with Crippen LogP contribution in [0.5, 0.6) is 0 Å². The van der Waals surface area contributed by atoms with Gasteiger partial charge in [0.05, 0.1) is 5.29 Å². The molecule has 1 N–H and O–H groups in total. The Bertz CT molecular complexity index is 84.2. The molecular formula is C3H7N3O. The summed E-state index contributed by atoms with van der Waals surface area (Å²) >= 11 is 0. The van der Waals surface area contributed by atoms with E-state index in [9.17, 15) is 4.91 Å². The summed E-state index contributed by atoms with van der Waals surface area (Å²) in [6, 6.07) is 0. The van der Waals surface area contributed by atoms with Crippen molar-refractivity contribution in [3.05, 3.63) is 4.91 Å². The van der Waals surface area contributed by atoms with E-state index in [1.165, 1.54) is 0 Å².